The number of carbonyl (C=O) groups is 1. The Morgan fingerprint density at radius 1 is 0.917 bits per heavy atom. The van der Waals surface area contributed by atoms with Crippen LogP contribution in [-0.4, -0.2) is 48.4 Å². The fraction of sp³-hybridized carbons (Fsp3) is 0.286. The van der Waals surface area contributed by atoms with Crippen LogP contribution < -0.4 is 0 Å². The molecule has 0 saturated carbocycles. The molecule has 3 rings (SSSR count). The first kappa shape index (κ1) is 16.5. The number of nitrogens with zero attached hydrogens (tertiary/aromatic N) is 2. The number of rotatable bonds is 4. The van der Waals surface area contributed by atoms with E-state index >= 15 is 0 Å². The first-order valence-corrected chi connectivity index (χ1v) is 8.56. The van der Waals surface area contributed by atoms with E-state index in [1.54, 1.807) is 0 Å². The normalized spacial score (nSPS) is 15.8. The van der Waals surface area contributed by atoms with Crippen LogP contribution >= 0.6 is 0 Å². The molecular weight excluding hydrogens is 296 g/mol. The van der Waals surface area contributed by atoms with E-state index in [2.05, 4.69) is 23.6 Å². The van der Waals surface area contributed by atoms with E-state index in [1.165, 1.54) is 5.56 Å². The molecule has 1 aliphatic rings. The molecule has 2 aromatic carbocycles. The summed E-state index contributed by atoms with van der Waals surface area (Å²) in [5, 5.41) is 0. The summed E-state index contributed by atoms with van der Waals surface area (Å²) in [5.41, 5.74) is 3.08. The van der Waals surface area contributed by atoms with Crippen molar-refractivity contribution < 1.29 is 4.79 Å². The van der Waals surface area contributed by atoms with Crippen LogP contribution in [0.1, 0.15) is 16.8 Å². The quantitative estimate of drug-likeness (QED) is 0.802. The lowest BCUT2D eigenvalue weighted by Gasteiger charge is -2.21. The maximum absolute atomic E-state index is 12.8. The molecule has 0 unspecified atom stereocenters. The lowest BCUT2D eigenvalue weighted by atomic mass is 10.0. The van der Waals surface area contributed by atoms with Gasteiger partial charge in [0.15, 0.2) is 0 Å². The second-order valence-electron chi connectivity index (χ2n) is 6.18. The Bertz CT molecular complexity index is 679. The fourth-order valence-electron chi connectivity index (χ4n) is 3.16. The molecule has 0 aromatic heterocycles. The molecule has 0 bridgehead atoms. The molecule has 2 aromatic rings. The van der Waals surface area contributed by atoms with Crippen molar-refractivity contribution in [2.24, 2.45) is 0 Å². The zero-order valence-electron chi connectivity index (χ0n) is 14.0. The zero-order valence-corrected chi connectivity index (χ0v) is 14.0. The molecule has 1 fully saturated rings. The SMILES string of the molecule is C=CCN1CCCN(C(=O)c2ccc(-c3ccccc3)cc2)CC1. The summed E-state index contributed by atoms with van der Waals surface area (Å²) in [6, 6.07) is 18.2. The van der Waals surface area contributed by atoms with E-state index in [9.17, 15) is 4.79 Å². The van der Waals surface area contributed by atoms with Crippen molar-refractivity contribution in [1.29, 1.82) is 0 Å². The van der Waals surface area contributed by atoms with Crippen molar-refractivity contribution in [3.05, 3.63) is 72.8 Å². The predicted molar refractivity (Wildman–Crippen MR) is 99.0 cm³/mol. The Morgan fingerprint density at radius 3 is 2.33 bits per heavy atom. The molecule has 3 heteroatoms. The predicted octanol–water partition coefficient (Wildman–Crippen LogP) is 3.69. The highest BCUT2D eigenvalue weighted by Crippen LogP contribution is 2.20. The van der Waals surface area contributed by atoms with Gasteiger partial charge in [-0.1, -0.05) is 48.5 Å². The van der Waals surface area contributed by atoms with Crippen LogP contribution in [0.5, 0.6) is 0 Å². The van der Waals surface area contributed by atoms with Gasteiger partial charge in [-0.15, -0.1) is 6.58 Å². The molecule has 1 aliphatic heterocycles. The second-order valence-corrected chi connectivity index (χ2v) is 6.18. The lowest BCUT2D eigenvalue weighted by molar-refractivity contribution is 0.0762. The average molecular weight is 320 g/mol. The van der Waals surface area contributed by atoms with Gasteiger partial charge in [0.25, 0.3) is 5.91 Å². The van der Waals surface area contributed by atoms with Gasteiger partial charge in [-0.3, -0.25) is 9.69 Å². The van der Waals surface area contributed by atoms with Crippen LogP contribution in [0.3, 0.4) is 0 Å². The van der Waals surface area contributed by atoms with E-state index < -0.39 is 0 Å². The number of hydrogen-bond donors (Lipinski definition) is 0. The third kappa shape index (κ3) is 3.92. The highest BCUT2D eigenvalue weighted by molar-refractivity contribution is 5.94. The Kier molecular flexibility index (Phi) is 5.44. The molecule has 24 heavy (non-hydrogen) atoms. The highest BCUT2D eigenvalue weighted by Gasteiger charge is 2.19. The summed E-state index contributed by atoms with van der Waals surface area (Å²) >= 11 is 0. The van der Waals surface area contributed by atoms with E-state index in [-0.39, 0.29) is 5.91 Å². The van der Waals surface area contributed by atoms with Crippen LogP contribution in [0.15, 0.2) is 67.3 Å². The van der Waals surface area contributed by atoms with E-state index in [1.807, 2.05) is 53.4 Å². The van der Waals surface area contributed by atoms with Gasteiger partial charge in [-0.05, 0) is 29.7 Å². The Balaban J connectivity index is 1.68. The second kappa shape index (κ2) is 7.93. The third-order valence-corrected chi connectivity index (χ3v) is 4.50. The van der Waals surface area contributed by atoms with Gasteiger partial charge in [0.2, 0.25) is 0 Å². The summed E-state index contributed by atoms with van der Waals surface area (Å²) < 4.78 is 0. The minimum Gasteiger partial charge on any atom is -0.337 e. The van der Waals surface area contributed by atoms with Gasteiger partial charge in [0, 0.05) is 38.3 Å². The monoisotopic (exact) mass is 320 g/mol. The van der Waals surface area contributed by atoms with Gasteiger partial charge in [-0.2, -0.15) is 0 Å². The molecule has 0 N–H and O–H groups in total. The van der Waals surface area contributed by atoms with Crippen LogP contribution in [0, 0.1) is 0 Å². The van der Waals surface area contributed by atoms with E-state index in [0.29, 0.717) is 0 Å². The van der Waals surface area contributed by atoms with Crippen molar-refractivity contribution in [3.8, 4) is 11.1 Å². The molecule has 0 spiro atoms. The van der Waals surface area contributed by atoms with Gasteiger partial charge >= 0.3 is 0 Å². The lowest BCUT2D eigenvalue weighted by Crippen LogP contribution is -2.35. The summed E-state index contributed by atoms with van der Waals surface area (Å²) in [5.74, 6) is 0.134. The minimum absolute atomic E-state index is 0.134. The molecule has 124 valence electrons. The first-order chi connectivity index (χ1) is 11.8. The molecule has 3 nitrogen and oxygen atoms in total. The largest absolute Gasteiger partial charge is 0.337 e. The third-order valence-electron chi connectivity index (χ3n) is 4.50. The van der Waals surface area contributed by atoms with Crippen molar-refractivity contribution >= 4 is 5.91 Å². The zero-order chi connectivity index (χ0) is 16.8. The van der Waals surface area contributed by atoms with Crippen molar-refractivity contribution in [3.63, 3.8) is 0 Å². The van der Waals surface area contributed by atoms with Crippen molar-refractivity contribution in [2.75, 3.05) is 32.7 Å². The first-order valence-electron chi connectivity index (χ1n) is 8.56. The molecular formula is C21H24N2O. The maximum Gasteiger partial charge on any atom is 0.253 e. The molecule has 0 atom stereocenters. The van der Waals surface area contributed by atoms with Crippen LogP contribution in [0.25, 0.3) is 11.1 Å². The Morgan fingerprint density at radius 2 is 1.62 bits per heavy atom. The number of amides is 1. The molecule has 1 saturated heterocycles. The van der Waals surface area contributed by atoms with Crippen molar-refractivity contribution in [2.45, 2.75) is 6.42 Å². The topological polar surface area (TPSA) is 23.6 Å². The van der Waals surface area contributed by atoms with Crippen LogP contribution in [0.2, 0.25) is 0 Å². The van der Waals surface area contributed by atoms with Gasteiger partial charge in [0.1, 0.15) is 0 Å². The Hall–Kier alpha value is -2.39. The summed E-state index contributed by atoms with van der Waals surface area (Å²) in [6.45, 7) is 8.25. The number of benzene rings is 2. The number of carbonyl (C=O) groups excluding carboxylic acids is 1. The molecule has 0 radical (unpaired) electrons. The summed E-state index contributed by atoms with van der Waals surface area (Å²) in [7, 11) is 0. The smallest absolute Gasteiger partial charge is 0.253 e. The maximum atomic E-state index is 12.8. The number of hydrogen-bond acceptors (Lipinski definition) is 2. The van der Waals surface area contributed by atoms with Crippen molar-refractivity contribution in [1.82, 2.24) is 9.80 Å². The van der Waals surface area contributed by atoms with Gasteiger partial charge in [0.05, 0.1) is 0 Å². The average Bonchev–Trinajstić information content (AvgIpc) is 2.88. The minimum atomic E-state index is 0.134. The summed E-state index contributed by atoms with van der Waals surface area (Å²) in [6.07, 6.45) is 2.95. The Labute approximate surface area is 144 Å². The van der Waals surface area contributed by atoms with E-state index in [0.717, 1.165) is 50.3 Å². The standard InChI is InChI=1S/C21H24N2O/c1-2-13-22-14-6-15-23(17-16-22)21(24)20-11-9-19(10-12-20)18-7-4-3-5-8-18/h2-5,7-12H,1,6,13-17H2. The van der Waals surface area contributed by atoms with Gasteiger partial charge < -0.3 is 4.90 Å². The molecule has 1 heterocycles. The fourth-order valence-corrected chi connectivity index (χ4v) is 3.16. The van der Waals surface area contributed by atoms with Gasteiger partial charge in [-0.25, -0.2) is 0 Å². The van der Waals surface area contributed by atoms with Crippen LogP contribution in [-0.2, 0) is 0 Å². The van der Waals surface area contributed by atoms with E-state index in [4.69, 9.17) is 0 Å². The highest BCUT2D eigenvalue weighted by atomic mass is 16.2. The van der Waals surface area contributed by atoms with Crippen LogP contribution in [0.4, 0.5) is 0 Å². The summed E-state index contributed by atoms with van der Waals surface area (Å²) in [4.78, 5) is 17.1. The molecule has 1 amide bonds. The molecule has 0 aliphatic carbocycles.